The van der Waals surface area contributed by atoms with E-state index in [1.807, 2.05) is 57.4 Å². The molecule has 0 radical (unpaired) electrons. The second kappa shape index (κ2) is 9.97. The Morgan fingerprint density at radius 1 is 1.13 bits per heavy atom. The number of halogens is 2. The van der Waals surface area contributed by atoms with Crippen molar-refractivity contribution in [2.75, 3.05) is 6.54 Å². The summed E-state index contributed by atoms with van der Waals surface area (Å²) in [4.78, 5) is 22.2. The van der Waals surface area contributed by atoms with E-state index in [2.05, 4.69) is 20.6 Å². The Morgan fingerprint density at radius 2 is 1.97 bits per heavy atom. The molecule has 0 aliphatic carbocycles. The van der Waals surface area contributed by atoms with Gasteiger partial charge in [0, 0.05) is 54.9 Å². The zero-order chi connectivity index (χ0) is 26.9. The summed E-state index contributed by atoms with van der Waals surface area (Å²) in [5, 5.41) is 11.0. The first-order valence-corrected chi connectivity index (χ1v) is 11.8. The van der Waals surface area contributed by atoms with Crippen molar-refractivity contribution in [2.45, 2.75) is 19.3 Å². The number of nitrogens with zero attached hydrogens (tertiary/aromatic N) is 5. The summed E-state index contributed by atoms with van der Waals surface area (Å²) in [6.45, 7) is 4.05. The number of amides is 1. The molecule has 192 valence electrons. The molecule has 38 heavy (non-hydrogen) atoms. The largest absolute Gasteiger partial charge is 0.355 e. The van der Waals surface area contributed by atoms with Crippen LogP contribution in [0.5, 0.6) is 0 Å². The van der Waals surface area contributed by atoms with Gasteiger partial charge in [0.15, 0.2) is 11.5 Å². The molecule has 1 N–H and O–H groups in total. The lowest BCUT2D eigenvalue weighted by Gasteiger charge is -2.29. The predicted molar refractivity (Wildman–Crippen MR) is 136 cm³/mol. The van der Waals surface area contributed by atoms with Gasteiger partial charge < -0.3 is 9.84 Å². The molecule has 1 atom stereocenters. The first-order valence-electron chi connectivity index (χ1n) is 11.8. The van der Waals surface area contributed by atoms with Gasteiger partial charge in [0.25, 0.3) is 5.91 Å². The van der Waals surface area contributed by atoms with Gasteiger partial charge in [-0.3, -0.25) is 19.4 Å². The molecule has 1 aromatic carbocycles. The van der Waals surface area contributed by atoms with Gasteiger partial charge in [-0.25, -0.2) is 8.78 Å². The number of carbonyl (C=O) groups excluding carboxylic acids is 1. The summed E-state index contributed by atoms with van der Waals surface area (Å²) < 4.78 is 34.3. The fourth-order valence-electron chi connectivity index (χ4n) is 4.20. The summed E-state index contributed by atoms with van der Waals surface area (Å²) in [6.07, 6.45) is 5.36. The number of nitrogens with one attached hydrogen (secondary N) is 1. The van der Waals surface area contributed by atoms with Crippen molar-refractivity contribution in [1.29, 1.82) is 0 Å². The van der Waals surface area contributed by atoms with Crippen LogP contribution >= 0.6 is 0 Å². The Labute approximate surface area is 217 Å². The average Bonchev–Trinajstić information content (AvgIpc) is 3.57. The molecule has 0 spiro atoms. The Morgan fingerprint density at radius 3 is 2.71 bits per heavy atom. The topological polar surface area (TPSA) is 98.7 Å². The number of carbonyl (C=O) groups is 1. The van der Waals surface area contributed by atoms with Crippen LogP contribution in [0.25, 0.3) is 22.6 Å². The van der Waals surface area contributed by atoms with Gasteiger partial charge in [-0.2, -0.15) is 5.10 Å². The molecule has 0 saturated carbocycles. The second-order valence-corrected chi connectivity index (χ2v) is 9.21. The zero-order valence-corrected chi connectivity index (χ0v) is 20.9. The number of pyridine rings is 2. The van der Waals surface area contributed by atoms with Crippen molar-refractivity contribution < 1.29 is 18.1 Å². The Balaban J connectivity index is 1.43. The van der Waals surface area contributed by atoms with Crippen LogP contribution < -0.4 is 5.32 Å². The quantitative estimate of drug-likeness (QED) is 0.333. The summed E-state index contributed by atoms with van der Waals surface area (Å²) in [6, 6.07) is 14.0. The van der Waals surface area contributed by atoms with Gasteiger partial charge >= 0.3 is 0 Å². The van der Waals surface area contributed by atoms with Crippen molar-refractivity contribution in [3.63, 3.8) is 0 Å². The highest BCUT2D eigenvalue weighted by Crippen LogP contribution is 2.32. The number of aryl methyl sites for hydroxylation is 2. The van der Waals surface area contributed by atoms with Gasteiger partial charge in [0.1, 0.15) is 11.6 Å². The first kappa shape index (κ1) is 24.9. The van der Waals surface area contributed by atoms with Gasteiger partial charge in [-0.05, 0) is 50.2 Å². The minimum Gasteiger partial charge on any atom is -0.355 e. The predicted octanol–water partition coefficient (Wildman–Crippen LogP) is 4.85. The van der Waals surface area contributed by atoms with Crippen LogP contribution in [0.2, 0.25) is 0 Å². The van der Waals surface area contributed by atoms with Crippen LogP contribution in [0.3, 0.4) is 0 Å². The molecule has 4 aromatic heterocycles. The number of aromatic nitrogens is 5. The highest BCUT2D eigenvalue weighted by molar-refractivity contribution is 5.93. The number of hydrogen-bond donors (Lipinski definition) is 1. The van der Waals surface area contributed by atoms with Crippen LogP contribution in [-0.2, 0) is 12.5 Å². The van der Waals surface area contributed by atoms with Crippen LogP contribution in [-0.4, -0.2) is 37.4 Å². The molecule has 0 bridgehead atoms. The maximum absolute atomic E-state index is 14.2. The van der Waals surface area contributed by atoms with Gasteiger partial charge in [-0.1, -0.05) is 11.2 Å². The molecular formula is C28H24F2N6O2. The highest BCUT2D eigenvalue weighted by atomic mass is 19.1. The lowest BCUT2D eigenvalue weighted by atomic mass is 9.80. The Hall–Kier alpha value is -4.73. The van der Waals surface area contributed by atoms with E-state index >= 15 is 0 Å². The number of rotatable bonds is 7. The zero-order valence-electron chi connectivity index (χ0n) is 20.9. The lowest BCUT2D eigenvalue weighted by Crippen LogP contribution is -2.40. The minimum atomic E-state index is -0.812. The maximum atomic E-state index is 14.2. The molecule has 0 saturated heterocycles. The minimum absolute atomic E-state index is 0.00510. The van der Waals surface area contributed by atoms with E-state index in [0.717, 1.165) is 40.3 Å². The van der Waals surface area contributed by atoms with Crippen LogP contribution in [0.4, 0.5) is 8.78 Å². The summed E-state index contributed by atoms with van der Waals surface area (Å²) in [5.74, 6) is -2.02. The van der Waals surface area contributed by atoms with E-state index in [-0.39, 0.29) is 23.6 Å². The molecule has 5 rings (SSSR count). The molecule has 10 heteroatoms. The first-order chi connectivity index (χ1) is 18.2. The van der Waals surface area contributed by atoms with Crippen LogP contribution in [0.1, 0.15) is 34.4 Å². The van der Waals surface area contributed by atoms with Crippen molar-refractivity contribution in [3.8, 4) is 22.6 Å². The maximum Gasteiger partial charge on any atom is 0.273 e. The Kier molecular flexibility index (Phi) is 6.54. The molecule has 4 heterocycles. The van der Waals surface area contributed by atoms with Gasteiger partial charge in [0.2, 0.25) is 0 Å². The molecule has 0 aliphatic heterocycles. The third-order valence-corrected chi connectivity index (χ3v) is 6.39. The smallest absolute Gasteiger partial charge is 0.273 e. The third kappa shape index (κ3) is 4.93. The van der Waals surface area contributed by atoms with E-state index in [1.165, 1.54) is 12.1 Å². The number of hydrogen-bond acceptors (Lipinski definition) is 6. The Bertz CT molecular complexity index is 1630. The molecule has 1 unspecified atom stereocenters. The lowest BCUT2D eigenvalue weighted by molar-refractivity contribution is 0.0938. The molecule has 1 amide bonds. The summed E-state index contributed by atoms with van der Waals surface area (Å²) in [7, 11) is 1.82. The van der Waals surface area contributed by atoms with E-state index in [9.17, 15) is 13.6 Å². The summed E-state index contributed by atoms with van der Waals surface area (Å²) >= 11 is 0. The van der Waals surface area contributed by atoms with Crippen LogP contribution in [0.15, 0.2) is 77.7 Å². The molecule has 8 nitrogen and oxygen atoms in total. The van der Waals surface area contributed by atoms with Crippen molar-refractivity contribution >= 4 is 5.91 Å². The molecule has 0 aliphatic rings. The normalized spacial score (nSPS) is 12.8. The SMILES string of the molecule is Cc1cc(-c2cccc(C(C)(CNC(=O)c3cc(-c4ccc(F)cc4F)on3)c3cnn(C)c3)n2)ccn1. The fourth-order valence-corrected chi connectivity index (χ4v) is 4.20. The van der Waals surface area contributed by atoms with Crippen molar-refractivity contribution in [2.24, 2.45) is 7.05 Å². The molecule has 0 fully saturated rings. The van der Waals surface area contributed by atoms with Crippen LogP contribution in [0, 0.1) is 18.6 Å². The second-order valence-electron chi connectivity index (χ2n) is 9.21. The fraction of sp³-hybridized carbons (Fsp3) is 0.179. The number of benzene rings is 1. The molecular weight excluding hydrogens is 490 g/mol. The van der Waals surface area contributed by atoms with Crippen molar-refractivity contribution in [3.05, 3.63) is 107 Å². The van der Waals surface area contributed by atoms with E-state index in [1.54, 1.807) is 17.1 Å². The van der Waals surface area contributed by atoms with Gasteiger partial charge in [-0.15, -0.1) is 0 Å². The molecule has 5 aromatic rings. The average molecular weight is 515 g/mol. The monoisotopic (exact) mass is 514 g/mol. The highest BCUT2D eigenvalue weighted by Gasteiger charge is 2.33. The standard InChI is InChI=1S/C28H24F2N6O2/c1-17-11-18(9-10-31-17)23-5-4-6-26(34-23)28(2,19-14-33-36(3)15-19)16-32-27(37)24-13-25(38-35-24)21-8-7-20(29)12-22(21)30/h4-15H,16H2,1-3H3,(H,32,37). The van der Waals surface area contributed by atoms with Gasteiger partial charge in [0.05, 0.1) is 28.6 Å². The summed E-state index contributed by atoms with van der Waals surface area (Å²) in [5.41, 5.74) is 3.38. The van der Waals surface area contributed by atoms with E-state index in [4.69, 9.17) is 9.51 Å². The van der Waals surface area contributed by atoms with Crippen molar-refractivity contribution in [1.82, 2.24) is 30.2 Å². The van der Waals surface area contributed by atoms with E-state index < -0.39 is 23.0 Å². The van der Waals surface area contributed by atoms with E-state index in [0.29, 0.717) is 0 Å². The third-order valence-electron chi connectivity index (χ3n) is 6.39.